The molecule has 1 N–H and O–H groups in total. The first kappa shape index (κ1) is 19.8. The molecule has 0 aliphatic carbocycles. The largest absolute Gasteiger partial charge is 0.495 e. The Balaban J connectivity index is 1.65. The molecule has 2 aromatic heterocycles. The Kier molecular flexibility index (Phi) is 5.34. The molecule has 6 nitrogen and oxygen atoms in total. The van der Waals surface area contributed by atoms with Crippen LogP contribution in [0.4, 0.5) is 5.69 Å². The number of nitriles is 1. The molecule has 7 heteroatoms. The van der Waals surface area contributed by atoms with Gasteiger partial charge in [0.15, 0.2) is 5.65 Å². The number of carbonyl (C=O) groups is 1. The Bertz CT molecular complexity index is 1320. The monoisotopic (exact) mass is 416 g/mol. The quantitative estimate of drug-likeness (QED) is 0.477. The predicted octanol–water partition coefficient (Wildman–Crippen LogP) is 4.72. The van der Waals surface area contributed by atoms with E-state index >= 15 is 0 Å². The van der Waals surface area contributed by atoms with Crippen LogP contribution in [0.2, 0.25) is 0 Å². The van der Waals surface area contributed by atoms with Crippen molar-refractivity contribution in [1.29, 1.82) is 5.26 Å². The number of rotatable bonds is 5. The lowest BCUT2D eigenvalue weighted by molar-refractivity contribution is -0.113. The topological polar surface area (TPSA) is 79.4 Å². The maximum atomic E-state index is 12.6. The van der Waals surface area contributed by atoms with Gasteiger partial charge < -0.3 is 10.1 Å². The van der Waals surface area contributed by atoms with Crippen LogP contribution in [0.25, 0.3) is 16.7 Å². The number of hydrogen-bond acceptors (Lipinski definition) is 5. The fourth-order valence-electron chi connectivity index (χ4n) is 3.40. The van der Waals surface area contributed by atoms with Crippen molar-refractivity contribution in [3.63, 3.8) is 0 Å². The molecule has 0 atom stereocenters. The van der Waals surface area contributed by atoms with Gasteiger partial charge in [-0.1, -0.05) is 30.0 Å². The standard InChI is InChI=1S/C23H20N4O2S/c1-14-8-9-20(29-3)18(10-14)25-21(28)13-30-22-11-15(2)16(12-24)23-26-17-6-4-5-7-19(17)27(22)23/h4-11H,13H2,1-3H3,(H,25,28). The zero-order chi connectivity index (χ0) is 21.3. The van der Waals surface area contributed by atoms with Crippen molar-refractivity contribution in [3.8, 4) is 11.8 Å². The Hall–Kier alpha value is -3.50. The molecule has 0 aliphatic rings. The van der Waals surface area contributed by atoms with Gasteiger partial charge >= 0.3 is 0 Å². The van der Waals surface area contributed by atoms with Gasteiger partial charge in [-0.2, -0.15) is 5.26 Å². The SMILES string of the molecule is COc1ccc(C)cc1NC(=O)CSc1cc(C)c(C#N)c2nc3ccccc3n12. The summed E-state index contributed by atoms with van der Waals surface area (Å²) in [6.45, 7) is 3.85. The molecule has 0 saturated heterocycles. The minimum absolute atomic E-state index is 0.136. The van der Waals surface area contributed by atoms with Gasteiger partial charge in [-0.05, 0) is 55.3 Å². The number of fused-ring (bicyclic) bond motifs is 3. The van der Waals surface area contributed by atoms with Crippen LogP contribution >= 0.6 is 11.8 Å². The maximum absolute atomic E-state index is 12.6. The van der Waals surface area contributed by atoms with Gasteiger partial charge in [-0.3, -0.25) is 9.20 Å². The van der Waals surface area contributed by atoms with Gasteiger partial charge in [-0.15, -0.1) is 0 Å². The highest BCUT2D eigenvalue weighted by Crippen LogP contribution is 2.30. The van der Waals surface area contributed by atoms with Crippen molar-refractivity contribution in [3.05, 3.63) is 65.2 Å². The molecule has 4 aromatic rings. The van der Waals surface area contributed by atoms with E-state index in [2.05, 4.69) is 16.4 Å². The number of nitrogens with one attached hydrogen (secondary N) is 1. The molecule has 2 heterocycles. The van der Waals surface area contributed by atoms with E-state index in [9.17, 15) is 10.1 Å². The van der Waals surface area contributed by atoms with Crippen LogP contribution in [0.3, 0.4) is 0 Å². The molecule has 1 amide bonds. The van der Waals surface area contributed by atoms with E-state index in [4.69, 9.17) is 4.74 Å². The van der Waals surface area contributed by atoms with E-state index in [-0.39, 0.29) is 11.7 Å². The zero-order valence-corrected chi connectivity index (χ0v) is 17.7. The smallest absolute Gasteiger partial charge is 0.234 e. The van der Waals surface area contributed by atoms with Crippen LogP contribution in [0.5, 0.6) is 5.75 Å². The minimum Gasteiger partial charge on any atom is -0.495 e. The predicted molar refractivity (Wildman–Crippen MR) is 119 cm³/mol. The number of aromatic nitrogens is 2. The summed E-state index contributed by atoms with van der Waals surface area (Å²) in [5.74, 6) is 0.698. The zero-order valence-electron chi connectivity index (χ0n) is 16.9. The number of thioether (sulfide) groups is 1. The van der Waals surface area contributed by atoms with Crippen LogP contribution < -0.4 is 10.1 Å². The first-order chi connectivity index (χ1) is 14.5. The molecular weight excluding hydrogens is 396 g/mol. The number of imidazole rings is 1. The lowest BCUT2D eigenvalue weighted by Crippen LogP contribution is -2.15. The first-order valence-corrected chi connectivity index (χ1v) is 10.4. The van der Waals surface area contributed by atoms with E-state index in [0.29, 0.717) is 22.6 Å². The molecule has 0 fully saturated rings. The summed E-state index contributed by atoms with van der Waals surface area (Å²) in [6.07, 6.45) is 0. The number of nitrogens with zero attached hydrogens (tertiary/aromatic N) is 3. The van der Waals surface area contributed by atoms with Gasteiger partial charge in [0.1, 0.15) is 11.8 Å². The summed E-state index contributed by atoms with van der Waals surface area (Å²) in [7, 11) is 1.58. The molecule has 2 aromatic carbocycles. The molecular formula is C23H20N4O2S. The number of benzene rings is 2. The number of carbonyl (C=O) groups excluding carboxylic acids is 1. The van der Waals surface area contributed by atoms with E-state index in [0.717, 1.165) is 27.2 Å². The third-order valence-electron chi connectivity index (χ3n) is 4.83. The van der Waals surface area contributed by atoms with E-state index in [1.165, 1.54) is 11.8 Å². The number of para-hydroxylation sites is 2. The second kappa shape index (κ2) is 8.09. The Morgan fingerprint density at radius 3 is 2.80 bits per heavy atom. The molecule has 0 unspecified atom stereocenters. The van der Waals surface area contributed by atoms with Crippen LogP contribution in [-0.2, 0) is 4.79 Å². The second-order valence-corrected chi connectivity index (χ2v) is 7.95. The van der Waals surface area contributed by atoms with Crippen molar-refractivity contribution in [2.75, 3.05) is 18.2 Å². The summed E-state index contributed by atoms with van der Waals surface area (Å²) in [4.78, 5) is 17.3. The van der Waals surface area contributed by atoms with E-state index in [1.807, 2.05) is 66.8 Å². The van der Waals surface area contributed by atoms with Gasteiger partial charge in [0.25, 0.3) is 0 Å². The molecule has 0 radical (unpaired) electrons. The molecule has 0 bridgehead atoms. The van der Waals surface area contributed by atoms with Crippen LogP contribution in [0.15, 0.2) is 53.6 Å². The molecule has 0 spiro atoms. The first-order valence-electron chi connectivity index (χ1n) is 9.40. The second-order valence-electron chi connectivity index (χ2n) is 6.95. The normalized spacial score (nSPS) is 10.9. The van der Waals surface area contributed by atoms with Crippen molar-refractivity contribution < 1.29 is 9.53 Å². The van der Waals surface area contributed by atoms with E-state index in [1.54, 1.807) is 7.11 Å². The lowest BCUT2D eigenvalue weighted by Gasteiger charge is -2.12. The Morgan fingerprint density at radius 2 is 2.03 bits per heavy atom. The number of ether oxygens (including phenoxy) is 1. The minimum atomic E-state index is -0.136. The summed E-state index contributed by atoms with van der Waals surface area (Å²) in [5.41, 5.74) is 5.41. The van der Waals surface area contributed by atoms with Gasteiger partial charge in [0.05, 0.1) is 40.2 Å². The summed E-state index contributed by atoms with van der Waals surface area (Å²) in [5, 5.41) is 13.4. The number of amides is 1. The molecule has 0 saturated carbocycles. The highest BCUT2D eigenvalue weighted by atomic mass is 32.2. The highest BCUT2D eigenvalue weighted by Gasteiger charge is 2.16. The average Bonchev–Trinajstić information content (AvgIpc) is 3.11. The fraction of sp³-hybridized carbons (Fsp3) is 0.174. The maximum Gasteiger partial charge on any atom is 0.234 e. The molecule has 30 heavy (non-hydrogen) atoms. The number of anilines is 1. The molecule has 150 valence electrons. The number of aryl methyl sites for hydroxylation is 2. The van der Waals surface area contributed by atoms with Crippen molar-refractivity contribution in [1.82, 2.24) is 9.38 Å². The van der Waals surface area contributed by atoms with Crippen LogP contribution in [-0.4, -0.2) is 28.2 Å². The Labute approximate surface area is 178 Å². The number of methoxy groups -OCH3 is 1. The fourth-order valence-corrected chi connectivity index (χ4v) is 4.33. The summed E-state index contributed by atoms with van der Waals surface area (Å²) in [6, 6.07) is 17.6. The van der Waals surface area contributed by atoms with Gasteiger partial charge in [-0.25, -0.2) is 4.98 Å². The molecule has 4 rings (SSSR count). The van der Waals surface area contributed by atoms with Gasteiger partial charge in [0, 0.05) is 0 Å². The Morgan fingerprint density at radius 1 is 1.23 bits per heavy atom. The summed E-state index contributed by atoms with van der Waals surface area (Å²) < 4.78 is 7.29. The third-order valence-corrected chi connectivity index (χ3v) is 5.83. The third kappa shape index (κ3) is 3.58. The van der Waals surface area contributed by atoms with Gasteiger partial charge in [0.2, 0.25) is 5.91 Å². The lowest BCUT2D eigenvalue weighted by atomic mass is 10.2. The number of pyridine rings is 1. The van der Waals surface area contributed by atoms with Crippen molar-refractivity contribution >= 4 is 40.0 Å². The summed E-state index contributed by atoms with van der Waals surface area (Å²) >= 11 is 1.41. The highest BCUT2D eigenvalue weighted by molar-refractivity contribution is 7.99. The van der Waals surface area contributed by atoms with Crippen molar-refractivity contribution in [2.45, 2.75) is 18.9 Å². The number of hydrogen-bond donors (Lipinski definition) is 1. The molecule has 0 aliphatic heterocycles. The van der Waals surface area contributed by atoms with E-state index < -0.39 is 0 Å². The average molecular weight is 417 g/mol. The van der Waals surface area contributed by atoms with Crippen LogP contribution in [0, 0.1) is 25.2 Å². The van der Waals surface area contributed by atoms with Crippen molar-refractivity contribution in [2.24, 2.45) is 0 Å². The van der Waals surface area contributed by atoms with Crippen LogP contribution in [0.1, 0.15) is 16.7 Å².